The number of carboxylic acid groups (broad SMARTS) is 4. The molecular formula is C62H68ClN6NaO32. The van der Waals surface area contributed by atoms with Crippen LogP contribution in [0.2, 0.25) is 5.02 Å². The quantitative estimate of drug-likeness (QED) is 0.0115. The Kier molecular flexibility index (Phi) is 44.3. The fraction of sp³-hybridized carbons (Fsp3) is 0.290. The minimum Gasteiger partial charge on any atom is -0.870 e. The van der Waals surface area contributed by atoms with Gasteiger partial charge in [-0.1, -0.05) is 17.7 Å². The van der Waals surface area contributed by atoms with Crippen LogP contribution in [0, 0.1) is 50.6 Å². The van der Waals surface area contributed by atoms with Crippen molar-refractivity contribution in [2.75, 3.05) is 60.6 Å². The molecule has 102 heavy (non-hydrogen) atoms. The Morgan fingerprint density at radius 2 is 0.892 bits per heavy atom. The maximum atomic E-state index is 11.7. The summed E-state index contributed by atoms with van der Waals surface area (Å²) in [6.07, 6.45) is 1.21. The summed E-state index contributed by atoms with van der Waals surface area (Å²) in [5, 5.41) is 112. The van der Waals surface area contributed by atoms with Gasteiger partial charge in [-0.05, 0) is 113 Å². The van der Waals surface area contributed by atoms with Gasteiger partial charge in [0.25, 0.3) is 28.4 Å². The smallest absolute Gasteiger partial charge is 0.870 e. The molecule has 2 heterocycles. The maximum Gasteiger partial charge on any atom is 1.00 e. The van der Waals surface area contributed by atoms with Crippen LogP contribution in [-0.2, 0) is 97.9 Å². The van der Waals surface area contributed by atoms with E-state index in [2.05, 4.69) is 18.9 Å². The molecule has 0 saturated carbocycles. The van der Waals surface area contributed by atoms with Gasteiger partial charge in [0.1, 0.15) is 6.42 Å². The maximum absolute atomic E-state index is 11.7. The molecule has 0 unspecified atom stereocenters. The Balaban J connectivity index is 0. The van der Waals surface area contributed by atoms with Crippen LogP contribution in [0.3, 0.4) is 0 Å². The number of ether oxygens (including phenoxy) is 6. The van der Waals surface area contributed by atoms with E-state index in [0.717, 1.165) is 112 Å². The van der Waals surface area contributed by atoms with E-state index in [-0.39, 0.29) is 116 Å². The summed E-state index contributed by atoms with van der Waals surface area (Å²) in [5.74, 6) is -10.3. The fourth-order valence-electron chi connectivity index (χ4n) is 8.03. The third-order valence-electron chi connectivity index (χ3n) is 12.8. The summed E-state index contributed by atoms with van der Waals surface area (Å²) >= 11 is 5.48. The molecule has 2 aliphatic rings. The zero-order valence-electron chi connectivity index (χ0n) is 55.0. The number of hydrogen-bond donors (Lipinski definition) is 8. The number of aliphatic carboxylic acids is 1. The molecule has 6 aromatic carbocycles. The van der Waals surface area contributed by atoms with Crippen molar-refractivity contribution in [3.8, 4) is 0 Å². The van der Waals surface area contributed by atoms with Crippen molar-refractivity contribution >= 4 is 93.5 Å². The molecule has 0 amide bonds. The standard InChI is InChI=1S/C12H11NO8.C9H7NO6.C9H11NO4.C9H9NO3.C9H11NO.C7H4ClNO4.C5H8O4.C2H6O.Na.H2O/c1-20-11(16)9(12(17)21-2)8-5-6(13(18)19)3-4-7(8)10(14)15;11-8(12)4-5-3-6(10(15)16)1-2-7(5)9(13)14;11-4-3-7-5-9(10(13)14)2-1-8(7)6-12;11-10(12)9-2-1-8-6-13-4-3-7(8)5-9;10-9-2-1-8-6-11-4-3-7(8)5-9;8-6-3-4(9(12)13)1-2-5(6)7(10)11;1-8-4(6)3-5(7)9-2;1-2-3;;/h3-5,9H,1-2H3,(H,14,15);1-3H,4H2,(H,11,12)(H,13,14);1-2,5,11-12H,3-4,6H2;1-2,5H,3-4,6H2;1-2,5H,3-4,6,10H2;1-3H,(H,10,11);3H2,1-2H3;3H,2H2,1H3;;1H2/q;;;;;;;;+1;/p-1. The number of nitro benzene ring substituents is 5. The summed E-state index contributed by atoms with van der Waals surface area (Å²) in [6, 6.07) is 24.1. The largest absolute Gasteiger partial charge is 1.00 e. The molecular weight excluding hydrogens is 1400 g/mol. The van der Waals surface area contributed by atoms with E-state index in [1.807, 2.05) is 18.2 Å². The molecule has 546 valence electrons. The molecule has 0 aliphatic carbocycles. The van der Waals surface area contributed by atoms with E-state index in [1.165, 1.54) is 49.6 Å². The number of methoxy groups -OCH3 is 4. The number of fused-ring (bicyclic) bond motifs is 2. The van der Waals surface area contributed by atoms with E-state index in [1.54, 1.807) is 19.1 Å². The van der Waals surface area contributed by atoms with Gasteiger partial charge in [0.15, 0.2) is 5.92 Å². The van der Waals surface area contributed by atoms with Crippen LogP contribution in [0.1, 0.15) is 94.8 Å². The van der Waals surface area contributed by atoms with Crippen molar-refractivity contribution < 1.29 is 162 Å². The number of carbonyl (C=O) groups excluding carboxylic acids is 4. The van der Waals surface area contributed by atoms with Gasteiger partial charge in [-0.25, -0.2) is 14.4 Å². The van der Waals surface area contributed by atoms with E-state index < -0.39 is 91.0 Å². The number of anilines is 1. The average Bonchev–Trinajstić information content (AvgIpc) is 0.807. The van der Waals surface area contributed by atoms with E-state index >= 15 is 0 Å². The first kappa shape index (κ1) is 93.0. The summed E-state index contributed by atoms with van der Waals surface area (Å²) in [5.41, 5.74) is 10.3. The molecule has 0 fully saturated rings. The van der Waals surface area contributed by atoms with Crippen LogP contribution in [0.15, 0.2) is 109 Å². The second-order valence-electron chi connectivity index (χ2n) is 19.3. The van der Waals surface area contributed by atoms with Crippen LogP contribution in [0.25, 0.3) is 0 Å². The number of aliphatic hydroxyl groups excluding tert-OH is 3. The number of nitrogens with two attached hydrogens (primary N) is 1. The first-order valence-electron chi connectivity index (χ1n) is 28.3. The van der Waals surface area contributed by atoms with Crippen LogP contribution in [0.5, 0.6) is 0 Å². The number of carbonyl (C=O) groups is 8. The van der Waals surface area contributed by atoms with Crippen molar-refractivity contribution in [3.63, 3.8) is 0 Å². The molecule has 2 aliphatic heterocycles. The number of aromatic carboxylic acids is 3. The molecule has 0 radical (unpaired) electrons. The number of aliphatic hydroxyl groups is 3. The predicted molar refractivity (Wildman–Crippen MR) is 347 cm³/mol. The van der Waals surface area contributed by atoms with Gasteiger partial charge in [0, 0.05) is 79.6 Å². The predicted octanol–water partition coefficient (Wildman–Crippen LogP) is 3.77. The minimum absolute atomic E-state index is 0. The number of nitro groups is 5. The Morgan fingerprint density at radius 3 is 1.29 bits per heavy atom. The van der Waals surface area contributed by atoms with Crippen molar-refractivity contribution in [2.45, 2.75) is 64.8 Å². The zero-order valence-corrected chi connectivity index (χ0v) is 57.8. The summed E-state index contributed by atoms with van der Waals surface area (Å²) in [6.45, 7) is 4.48. The van der Waals surface area contributed by atoms with Gasteiger partial charge < -0.3 is 75.4 Å². The van der Waals surface area contributed by atoms with Crippen LogP contribution in [-0.4, -0.2) is 168 Å². The second-order valence-corrected chi connectivity index (χ2v) is 19.8. The topological polar surface area (TPSA) is 605 Å². The molecule has 0 saturated heterocycles. The summed E-state index contributed by atoms with van der Waals surface area (Å²) in [7, 11) is 4.42. The first-order valence-corrected chi connectivity index (χ1v) is 28.7. The van der Waals surface area contributed by atoms with Gasteiger partial charge in [-0.3, -0.25) is 74.5 Å². The number of esters is 4. The molecule has 0 aromatic heterocycles. The number of halogens is 1. The molecule has 38 nitrogen and oxygen atoms in total. The van der Waals surface area contributed by atoms with Gasteiger partial charge in [0.05, 0.1) is 114 Å². The van der Waals surface area contributed by atoms with Crippen LogP contribution >= 0.6 is 11.6 Å². The summed E-state index contributed by atoms with van der Waals surface area (Å²) in [4.78, 5) is 136. The molecule has 0 atom stereocenters. The van der Waals surface area contributed by atoms with Gasteiger partial charge >= 0.3 is 77.3 Å². The number of carboxylic acids is 4. The SMILES string of the molecule is CCO.COC(=O)C(C(=O)OC)c1cc([N+](=O)[O-])ccc1C(=O)O.COC(=O)CC(=O)OC.Nc1ccc2c(c1)CCOC2.O=C(O)Cc1cc([N+](=O)[O-])ccc1C(=O)O.O=C(O)c1ccc([N+](=O)[O-])cc1Cl.O=[N+]([O-])c1ccc(CO)c(CCO)c1.O=[N+]([O-])c1ccc2c(c1)CCOC2.[Na+].[OH-]. The minimum atomic E-state index is -1.72. The number of benzene rings is 6. The third kappa shape index (κ3) is 32.3. The molecule has 0 bridgehead atoms. The number of hydrogen-bond acceptors (Lipinski definition) is 29. The number of non-ortho nitro benzene ring substituents is 5. The number of nitrogen functional groups attached to an aromatic ring is 1. The van der Waals surface area contributed by atoms with Gasteiger partial charge in [0.2, 0.25) is 0 Å². The Bertz CT molecular complexity index is 3880. The Hall–Kier alpha value is -11.1. The summed E-state index contributed by atoms with van der Waals surface area (Å²) < 4.78 is 27.7. The Morgan fingerprint density at radius 1 is 0.510 bits per heavy atom. The van der Waals surface area contributed by atoms with Crippen molar-refractivity contribution in [1.82, 2.24) is 0 Å². The fourth-order valence-corrected chi connectivity index (χ4v) is 8.28. The number of nitrogens with zero attached hydrogens (tertiary/aromatic N) is 5. The molecule has 6 aromatic rings. The van der Waals surface area contributed by atoms with Gasteiger partial charge in [-0.2, -0.15) is 0 Å². The zero-order chi connectivity index (χ0) is 75.9. The molecule has 0 spiro atoms. The Labute approximate surface area is 604 Å². The van der Waals surface area contributed by atoms with Gasteiger partial charge in [-0.15, -0.1) is 0 Å². The van der Waals surface area contributed by atoms with Crippen molar-refractivity contribution in [2.24, 2.45) is 0 Å². The molecule has 40 heteroatoms. The average molecular weight is 1470 g/mol. The van der Waals surface area contributed by atoms with Crippen LogP contribution in [0.4, 0.5) is 34.1 Å². The van der Waals surface area contributed by atoms with Crippen molar-refractivity contribution in [3.05, 3.63) is 226 Å². The van der Waals surface area contributed by atoms with Crippen LogP contribution < -0.4 is 35.3 Å². The van der Waals surface area contributed by atoms with Crippen molar-refractivity contribution in [1.29, 1.82) is 0 Å². The second kappa shape index (κ2) is 48.6. The van der Waals surface area contributed by atoms with E-state index in [9.17, 15) is 88.9 Å². The number of rotatable bonds is 18. The third-order valence-corrected chi connectivity index (χ3v) is 13.1. The monoisotopic (exact) mass is 1470 g/mol. The van der Waals surface area contributed by atoms with E-state index in [4.69, 9.17) is 62.6 Å². The normalized spacial score (nSPS) is 10.8. The molecule has 8 rings (SSSR count). The van der Waals surface area contributed by atoms with E-state index in [0.29, 0.717) is 30.8 Å². The first-order chi connectivity index (χ1) is 47.2. The molecule has 10 N–H and O–H groups in total.